The van der Waals surface area contributed by atoms with Crippen molar-refractivity contribution in [1.82, 2.24) is 15.1 Å². The third-order valence-electron chi connectivity index (χ3n) is 5.17. The van der Waals surface area contributed by atoms with Crippen LogP contribution in [0.25, 0.3) is 0 Å². The Hall–Kier alpha value is -2.14. The van der Waals surface area contributed by atoms with Crippen molar-refractivity contribution >= 4 is 27.5 Å². The summed E-state index contributed by atoms with van der Waals surface area (Å²) in [6, 6.07) is 5.24. The minimum Gasteiger partial charge on any atom is -0.481 e. The molecular weight excluding hydrogens is 445 g/mol. The Balaban J connectivity index is 1.59. The first-order valence-corrected chi connectivity index (χ1v) is 12.9. The highest BCUT2D eigenvalue weighted by Gasteiger charge is 2.36. The van der Waals surface area contributed by atoms with Crippen LogP contribution in [0.1, 0.15) is 45.6 Å². The Kier molecular flexibility index (Phi) is 7.58. The molecular formula is C20H26FN3O5S2. The SMILES string of the molecule is CCC(C)N(C(=O)CSc1nnc(C(C)Oc2ccc(F)cc2)o1)C1CCS(=O)(=O)C1. The Labute approximate surface area is 185 Å². The predicted molar refractivity (Wildman–Crippen MR) is 114 cm³/mol. The molecule has 0 saturated carbocycles. The Morgan fingerprint density at radius 3 is 2.65 bits per heavy atom. The van der Waals surface area contributed by atoms with Crippen molar-refractivity contribution in [2.75, 3.05) is 17.3 Å². The number of thioether (sulfide) groups is 1. The van der Waals surface area contributed by atoms with Crippen LogP contribution in [0.2, 0.25) is 0 Å². The highest BCUT2D eigenvalue weighted by atomic mass is 32.2. The lowest BCUT2D eigenvalue weighted by atomic mass is 10.1. The average Bonchev–Trinajstić information content (AvgIpc) is 3.34. The summed E-state index contributed by atoms with van der Waals surface area (Å²) >= 11 is 1.10. The molecule has 1 aromatic heterocycles. The van der Waals surface area contributed by atoms with Crippen LogP contribution in [-0.4, -0.2) is 58.8 Å². The molecule has 3 atom stereocenters. The van der Waals surface area contributed by atoms with Gasteiger partial charge in [0.05, 0.1) is 17.3 Å². The monoisotopic (exact) mass is 471 g/mol. The summed E-state index contributed by atoms with van der Waals surface area (Å²) in [5, 5.41) is 8.13. The van der Waals surface area contributed by atoms with E-state index in [1.54, 1.807) is 11.8 Å². The lowest BCUT2D eigenvalue weighted by Gasteiger charge is -2.33. The van der Waals surface area contributed by atoms with Gasteiger partial charge in [0, 0.05) is 12.1 Å². The zero-order valence-corrected chi connectivity index (χ0v) is 19.3. The summed E-state index contributed by atoms with van der Waals surface area (Å²) in [5.41, 5.74) is 0. The van der Waals surface area contributed by atoms with Gasteiger partial charge in [-0.3, -0.25) is 4.79 Å². The third-order valence-corrected chi connectivity index (χ3v) is 7.72. The largest absolute Gasteiger partial charge is 0.481 e. The van der Waals surface area contributed by atoms with Gasteiger partial charge in [-0.15, -0.1) is 10.2 Å². The zero-order chi connectivity index (χ0) is 22.6. The standard InChI is InChI=1S/C20H26FN3O5S2/c1-4-13(2)24(16-9-10-31(26,27)12-16)18(25)11-30-20-23-22-19(29-20)14(3)28-17-7-5-15(21)6-8-17/h5-8,13-14,16H,4,9-12H2,1-3H3. The fourth-order valence-corrected chi connectivity index (χ4v) is 5.76. The maximum absolute atomic E-state index is 13.0. The highest BCUT2D eigenvalue weighted by molar-refractivity contribution is 7.99. The van der Waals surface area contributed by atoms with E-state index in [9.17, 15) is 17.6 Å². The number of aromatic nitrogens is 2. The van der Waals surface area contributed by atoms with E-state index in [-0.39, 0.29) is 52.2 Å². The minimum absolute atomic E-state index is 0.0106. The fourth-order valence-electron chi connectivity index (χ4n) is 3.41. The number of carbonyl (C=O) groups excluding carboxylic acids is 1. The van der Waals surface area contributed by atoms with Gasteiger partial charge in [-0.25, -0.2) is 12.8 Å². The van der Waals surface area contributed by atoms with Crippen molar-refractivity contribution in [1.29, 1.82) is 0 Å². The number of hydrogen-bond donors (Lipinski definition) is 0. The summed E-state index contributed by atoms with van der Waals surface area (Å²) in [4.78, 5) is 14.6. The van der Waals surface area contributed by atoms with E-state index in [0.29, 0.717) is 12.2 Å². The van der Waals surface area contributed by atoms with Crippen LogP contribution in [0.15, 0.2) is 33.9 Å². The molecule has 1 fully saturated rings. The molecule has 3 rings (SSSR count). The molecule has 2 aromatic rings. The molecule has 0 bridgehead atoms. The summed E-state index contributed by atoms with van der Waals surface area (Å²) in [6.07, 6.45) is 0.644. The Morgan fingerprint density at radius 1 is 1.32 bits per heavy atom. The molecule has 0 aliphatic carbocycles. The highest BCUT2D eigenvalue weighted by Crippen LogP contribution is 2.26. The quantitative estimate of drug-likeness (QED) is 0.514. The second-order valence-electron chi connectivity index (χ2n) is 7.52. The molecule has 170 valence electrons. The van der Waals surface area contributed by atoms with Crippen LogP contribution in [-0.2, 0) is 14.6 Å². The van der Waals surface area contributed by atoms with Crippen LogP contribution < -0.4 is 4.74 Å². The van der Waals surface area contributed by atoms with E-state index >= 15 is 0 Å². The zero-order valence-electron chi connectivity index (χ0n) is 17.7. The second-order valence-corrected chi connectivity index (χ2v) is 10.7. The average molecular weight is 472 g/mol. The number of hydrogen-bond acceptors (Lipinski definition) is 8. The molecule has 1 saturated heterocycles. The smallest absolute Gasteiger partial charge is 0.277 e. The van der Waals surface area contributed by atoms with Gasteiger partial charge in [-0.1, -0.05) is 18.7 Å². The molecule has 1 aromatic carbocycles. The maximum atomic E-state index is 13.0. The van der Waals surface area contributed by atoms with Gasteiger partial charge < -0.3 is 14.1 Å². The van der Waals surface area contributed by atoms with Crippen LogP contribution in [0, 0.1) is 5.82 Å². The number of carbonyl (C=O) groups is 1. The van der Waals surface area contributed by atoms with Crippen molar-refractivity contribution in [3.8, 4) is 5.75 Å². The molecule has 11 heteroatoms. The van der Waals surface area contributed by atoms with Gasteiger partial charge in [-0.05, 0) is 51.0 Å². The molecule has 1 aliphatic heterocycles. The van der Waals surface area contributed by atoms with Gasteiger partial charge in [0.25, 0.3) is 11.1 Å². The van der Waals surface area contributed by atoms with Crippen molar-refractivity contribution in [2.45, 2.75) is 57.0 Å². The topological polar surface area (TPSA) is 103 Å². The predicted octanol–water partition coefficient (Wildman–Crippen LogP) is 3.26. The van der Waals surface area contributed by atoms with E-state index in [4.69, 9.17) is 9.15 Å². The number of amides is 1. The van der Waals surface area contributed by atoms with Crippen LogP contribution in [0.4, 0.5) is 4.39 Å². The van der Waals surface area contributed by atoms with Crippen LogP contribution in [0.3, 0.4) is 0 Å². The molecule has 8 nitrogen and oxygen atoms in total. The van der Waals surface area contributed by atoms with Crippen molar-refractivity contribution < 1.29 is 26.8 Å². The Bertz CT molecular complexity index is 996. The number of benzene rings is 1. The molecule has 0 radical (unpaired) electrons. The fraction of sp³-hybridized carbons (Fsp3) is 0.550. The molecule has 0 spiro atoms. The summed E-state index contributed by atoms with van der Waals surface area (Å²) in [6.45, 7) is 5.61. The number of ether oxygens (including phenoxy) is 1. The van der Waals surface area contributed by atoms with E-state index in [0.717, 1.165) is 18.2 Å². The molecule has 1 amide bonds. The lowest BCUT2D eigenvalue weighted by molar-refractivity contribution is -0.132. The normalized spacial score (nSPS) is 19.7. The third kappa shape index (κ3) is 6.19. The van der Waals surface area contributed by atoms with Gasteiger partial charge in [0.2, 0.25) is 5.91 Å². The maximum Gasteiger partial charge on any atom is 0.277 e. The molecule has 3 unspecified atom stereocenters. The number of sulfone groups is 1. The van der Waals surface area contributed by atoms with E-state index in [1.807, 2.05) is 13.8 Å². The van der Waals surface area contributed by atoms with Gasteiger partial charge in [-0.2, -0.15) is 0 Å². The van der Waals surface area contributed by atoms with E-state index in [2.05, 4.69) is 10.2 Å². The van der Waals surface area contributed by atoms with Crippen molar-refractivity contribution in [3.05, 3.63) is 36.0 Å². The van der Waals surface area contributed by atoms with Gasteiger partial charge in [0.1, 0.15) is 11.6 Å². The second kappa shape index (κ2) is 9.99. The first kappa shape index (κ1) is 23.5. The van der Waals surface area contributed by atoms with Crippen LogP contribution >= 0.6 is 11.8 Å². The number of halogens is 1. The van der Waals surface area contributed by atoms with E-state index in [1.165, 1.54) is 24.3 Å². The lowest BCUT2D eigenvalue weighted by Crippen LogP contribution is -2.47. The van der Waals surface area contributed by atoms with E-state index < -0.39 is 15.9 Å². The van der Waals surface area contributed by atoms with Gasteiger partial charge in [0.15, 0.2) is 15.9 Å². The minimum atomic E-state index is -3.09. The molecule has 31 heavy (non-hydrogen) atoms. The number of rotatable bonds is 9. The van der Waals surface area contributed by atoms with Gasteiger partial charge >= 0.3 is 0 Å². The van der Waals surface area contributed by atoms with Crippen molar-refractivity contribution in [2.24, 2.45) is 0 Å². The van der Waals surface area contributed by atoms with Crippen LogP contribution in [0.5, 0.6) is 5.75 Å². The molecule has 1 aliphatic rings. The molecule has 2 heterocycles. The summed E-state index contributed by atoms with van der Waals surface area (Å²) in [5.74, 6) is 0.378. The van der Waals surface area contributed by atoms with Crippen molar-refractivity contribution in [3.63, 3.8) is 0 Å². The molecule has 0 N–H and O–H groups in total. The summed E-state index contributed by atoms with van der Waals surface area (Å²) in [7, 11) is -3.09. The first-order valence-electron chi connectivity index (χ1n) is 10.1. The summed E-state index contributed by atoms with van der Waals surface area (Å²) < 4.78 is 48.0. The Morgan fingerprint density at radius 2 is 2.03 bits per heavy atom. The first-order chi connectivity index (χ1) is 14.7. The number of nitrogens with zero attached hydrogens (tertiary/aromatic N) is 3.